The molecule has 0 unspecified atom stereocenters. The number of hydrogen-bond donors (Lipinski definition) is 0. The van der Waals surface area contributed by atoms with Gasteiger partial charge in [0.15, 0.2) is 0 Å². The summed E-state index contributed by atoms with van der Waals surface area (Å²) in [5, 5.41) is 0. The summed E-state index contributed by atoms with van der Waals surface area (Å²) in [4.78, 5) is 16.9. The number of hydrogen-bond acceptors (Lipinski definition) is 3. The third kappa shape index (κ3) is 3.00. The van der Waals surface area contributed by atoms with Crippen molar-refractivity contribution in [1.29, 1.82) is 0 Å². The van der Waals surface area contributed by atoms with Crippen LogP contribution in [0.1, 0.15) is 17.3 Å². The molecule has 0 atom stereocenters. The van der Waals surface area contributed by atoms with Crippen LogP contribution < -0.4 is 0 Å². The Bertz CT molecular complexity index is 358. The highest BCUT2D eigenvalue weighted by molar-refractivity contribution is 5.94. The quantitative estimate of drug-likeness (QED) is 0.711. The highest BCUT2D eigenvalue weighted by atomic mass is 19.1. The first-order valence-electron chi connectivity index (χ1n) is 5.09. The molecule has 0 saturated carbocycles. The number of carbonyl (C=O) groups excluding carboxylic acids is 1. The van der Waals surface area contributed by atoms with Crippen LogP contribution in [-0.2, 0) is 4.74 Å². The molecule has 0 bridgehead atoms. The fraction of sp³-hybridized carbons (Fsp3) is 0.455. The number of aromatic nitrogens is 1. The van der Waals surface area contributed by atoms with E-state index in [-0.39, 0.29) is 11.5 Å². The van der Waals surface area contributed by atoms with Crippen LogP contribution in [0, 0.1) is 5.95 Å². The second kappa shape index (κ2) is 6.17. The Morgan fingerprint density at radius 2 is 2.38 bits per heavy atom. The first-order chi connectivity index (χ1) is 7.70. The molecule has 1 heterocycles. The van der Waals surface area contributed by atoms with E-state index >= 15 is 0 Å². The van der Waals surface area contributed by atoms with Crippen molar-refractivity contribution < 1.29 is 13.9 Å². The topological polar surface area (TPSA) is 42.4 Å². The minimum absolute atomic E-state index is 0.000420. The number of nitrogens with zero attached hydrogens (tertiary/aromatic N) is 2. The molecule has 1 aromatic rings. The third-order valence-corrected chi connectivity index (χ3v) is 2.22. The largest absolute Gasteiger partial charge is 0.383 e. The van der Waals surface area contributed by atoms with E-state index in [2.05, 4.69) is 4.98 Å². The second-order valence-corrected chi connectivity index (χ2v) is 3.22. The molecular formula is C11H15FN2O2. The average Bonchev–Trinajstić information content (AvgIpc) is 2.30. The summed E-state index contributed by atoms with van der Waals surface area (Å²) in [5.74, 6) is -1.09. The SMILES string of the molecule is CCN(CCOC)C(=O)c1cccnc1F. The maximum atomic E-state index is 13.3. The molecule has 16 heavy (non-hydrogen) atoms. The van der Waals surface area contributed by atoms with Crippen molar-refractivity contribution in [3.8, 4) is 0 Å². The van der Waals surface area contributed by atoms with Gasteiger partial charge < -0.3 is 9.64 Å². The molecule has 0 fully saturated rings. The van der Waals surface area contributed by atoms with E-state index in [1.165, 1.54) is 17.2 Å². The van der Waals surface area contributed by atoms with Crippen molar-refractivity contribution in [1.82, 2.24) is 9.88 Å². The molecule has 0 radical (unpaired) electrons. The molecule has 0 N–H and O–H groups in total. The van der Waals surface area contributed by atoms with Crippen LogP contribution in [0.3, 0.4) is 0 Å². The molecule has 0 saturated heterocycles. The van der Waals surface area contributed by atoms with Crippen molar-refractivity contribution in [2.45, 2.75) is 6.92 Å². The zero-order valence-corrected chi connectivity index (χ0v) is 9.44. The van der Waals surface area contributed by atoms with E-state index in [4.69, 9.17) is 4.74 Å². The first kappa shape index (κ1) is 12.6. The average molecular weight is 226 g/mol. The molecule has 88 valence electrons. The van der Waals surface area contributed by atoms with E-state index in [0.717, 1.165) is 0 Å². The lowest BCUT2D eigenvalue weighted by molar-refractivity contribution is 0.0701. The van der Waals surface area contributed by atoms with Gasteiger partial charge in [-0.1, -0.05) is 0 Å². The number of pyridine rings is 1. The molecule has 0 aliphatic heterocycles. The molecule has 0 spiro atoms. The Morgan fingerprint density at radius 1 is 1.62 bits per heavy atom. The number of methoxy groups -OCH3 is 1. The minimum atomic E-state index is -0.733. The fourth-order valence-corrected chi connectivity index (χ4v) is 1.32. The van der Waals surface area contributed by atoms with Gasteiger partial charge >= 0.3 is 0 Å². The fourth-order valence-electron chi connectivity index (χ4n) is 1.32. The number of likely N-dealkylation sites (N-methyl/N-ethyl adjacent to an activating group) is 1. The van der Waals surface area contributed by atoms with E-state index in [0.29, 0.717) is 19.7 Å². The molecule has 1 aromatic heterocycles. The predicted molar refractivity (Wildman–Crippen MR) is 57.6 cm³/mol. The molecule has 0 aliphatic rings. The Balaban J connectivity index is 2.79. The molecular weight excluding hydrogens is 211 g/mol. The van der Waals surface area contributed by atoms with E-state index in [1.54, 1.807) is 13.2 Å². The normalized spacial score (nSPS) is 10.2. The highest BCUT2D eigenvalue weighted by Gasteiger charge is 2.17. The Hall–Kier alpha value is -1.49. The van der Waals surface area contributed by atoms with Gasteiger partial charge in [-0.25, -0.2) is 4.98 Å². The van der Waals surface area contributed by atoms with E-state index in [9.17, 15) is 9.18 Å². The van der Waals surface area contributed by atoms with Gasteiger partial charge in [0.2, 0.25) is 5.95 Å². The lowest BCUT2D eigenvalue weighted by Gasteiger charge is -2.20. The van der Waals surface area contributed by atoms with E-state index in [1.807, 2.05) is 6.92 Å². The molecule has 0 aromatic carbocycles. The Labute approximate surface area is 94.0 Å². The van der Waals surface area contributed by atoms with Gasteiger partial charge in [-0.05, 0) is 19.1 Å². The second-order valence-electron chi connectivity index (χ2n) is 3.22. The standard InChI is InChI=1S/C11H15FN2O2/c1-3-14(7-8-16-2)11(15)9-5-4-6-13-10(9)12/h4-6H,3,7-8H2,1-2H3. The number of rotatable bonds is 5. The van der Waals surface area contributed by atoms with Gasteiger partial charge in [0, 0.05) is 26.4 Å². The van der Waals surface area contributed by atoms with Gasteiger partial charge in [-0.3, -0.25) is 4.79 Å². The third-order valence-electron chi connectivity index (χ3n) is 2.22. The molecule has 4 nitrogen and oxygen atoms in total. The van der Waals surface area contributed by atoms with Gasteiger partial charge in [-0.2, -0.15) is 4.39 Å². The van der Waals surface area contributed by atoms with Crippen molar-refractivity contribution in [3.63, 3.8) is 0 Å². The predicted octanol–water partition coefficient (Wildman–Crippen LogP) is 1.33. The minimum Gasteiger partial charge on any atom is -0.383 e. The van der Waals surface area contributed by atoms with E-state index < -0.39 is 5.95 Å². The number of amides is 1. The maximum Gasteiger partial charge on any atom is 0.258 e. The number of ether oxygens (including phenoxy) is 1. The van der Waals surface area contributed by atoms with Crippen LogP contribution in [0.25, 0.3) is 0 Å². The van der Waals surface area contributed by atoms with Crippen LogP contribution in [0.4, 0.5) is 4.39 Å². The summed E-state index contributed by atoms with van der Waals surface area (Å²) in [6.45, 7) is 3.22. The smallest absolute Gasteiger partial charge is 0.258 e. The molecule has 0 aliphatic carbocycles. The van der Waals surface area contributed by atoms with Gasteiger partial charge in [0.25, 0.3) is 5.91 Å². The number of halogens is 1. The van der Waals surface area contributed by atoms with Crippen molar-refractivity contribution in [2.75, 3.05) is 26.8 Å². The zero-order valence-electron chi connectivity index (χ0n) is 9.44. The van der Waals surface area contributed by atoms with Crippen LogP contribution in [0.5, 0.6) is 0 Å². The summed E-state index contributed by atoms with van der Waals surface area (Å²) in [6, 6.07) is 2.97. The first-order valence-corrected chi connectivity index (χ1v) is 5.09. The zero-order chi connectivity index (χ0) is 12.0. The van der Waals surface area contributed by atoms with Crippen LogP contribution >= 0.6 is 0 Å². The van der Waals surface area contributed by atoms with Crippen LogP contribution in [0.2, 0.25) is 0 Å². The molecule has 1 amide bonds. The lowest BCUT2D eigenvalue weighted by Crippen LogP contribution is -2.34. The maximum absolute atomic E-state index is 13.3. The van der Waals surface area contributed by atoms with Crippen LogP contribution in [0.15, 0.2) is 18.3 Å². The summed E-state index contributed by atoms with van der Waals surface area (Å²) < 4.78 is 18.2. The van der Waals surface area contributed by atoms with Crippen molar-refractivity contribution >= 4 is 5.91 Å². The molecule has 1 rings (SSSR count). The summed E-state index contributed by atoms with van der Waals surface area (Å²) in [7, 11) is 1.56. The highest BCUT2D eigenvalue weighted by Crippen LogP contribution is 2.07. The lowest BCUT2D eigenvalue weighted by atomic mass is 10.2. The summed E-state index contributed by atoms with van der Waals surface area (Å²) >= 11 is 0. The van der Waals surface area contributed by atoms with Gasteiger partial charge in [0.05, 0.1) is 12.2 Å². The molecule has 5 heteroatoms. The van der Waals surface area contributed by atoms with Crippen LogP contribution in [-0.4, -0.2) is 42.6 Å². The number of carbonyl (C=O) groups is 1. The summed E-state index contributed by atoms with van der Waals surface area (Å²) in [6.07, 6.45) is 1.32. The Morgan fingerprint density at radius 3 is 2.94 bits per heavy atom. The summed E-state index contributed by atoms with van der Waals surface area (Å²) in [5.41, 5.74) is 0.000420. The van der Waals surface area contributed by atoms with Crippen molar-refractivity contribution in [2.24, 2.45) is 0 Å². The Kier molecular flexibility index (Phi) is 4.85. The monoisotopic (exact) mass is 226 g/mol. The van der Waals surface area contributed by atoms with Gasteiger partial charge in [0.1, 0.15) is 0 Å². The van der Waals surface area contributed by atoms with Crippen molar-refractivity contribution in [3.05, 3.63) is 29.8 Å². The van der Waals surface area contributed by atoms with Gasteiger partial charge in [-0.15, -0.1) is 0 Å².